The number of hydrogen-bond donors (Lipinski definition) is 0. The molecular formula is C21H25NO2. The lowest BCUT2D eigenvalue weighted by molar-refractivity contribution is -0.134. The summed E-state index contributed by atoms with van der Waals surface area (Å²) in [7, 11) is 0. The predicted octanol–water partition coefficient (Wildman–Crippen LogP) is 3.75. The SMILES string of the molecule is Cc1ccc(COC2CCCN(C(=O)Cc3ccccc3)C2)cc1. The van der Waals surface area contributed by atoms with E-state index in [9.17, 15) is 4.79 Å². The van der Waals surface area contributed by atoms with Crippen molar-refractivity contribution in [3.05, 3.63) is 71.3 Å². The second kappa shape index (κ2) is 8.11. The number of carbonyl (C=O) groups is 1. The van der Waals surface area contributed by atoms with Crippen molar-refractivity contribution in [2.75, 3.05) is 13.1 Å². The predicted molar refractivity (Wildman–Crippen MR) is 95.7 cm³/mol. The minimum Gasteiger partial charge on any atom is -0.372 e. The van der Waals surface area contributed by atoms with E-state index in [1.54, 1.807) is 0 Å². The summed E-state index contributed by atoms with van der Waals surface area (Å²) in [5.41, 5.74) is 3.52. The largest absolute Gasteiger partial charge is 0.372 e. The minimum atomic E-state index is 0.139. The Kier molecular flexibility index (Phi) is 5.65. The van der Waals surface area contributed by atoms with E-state index in [0.29, 0.717) is 19.6 Å². The number of likely N-dealkylation sites (tertiary alicyclic amines) is 1. The molecular weight excluding hydrogens is 298 g/mol. The summed E-state index contributed by atoms with van der Waals surface area (Å²) in [6.45, 7) is 4.25. The summed E-state index contributed by atoms with van der Waals surface area (Å²) < 4.78 is 6.05. The van der Waals surface area contributed by atoms with Gasteiger partial charge >= 0.3 is 0 Å². The van der Waals surface area contributed by atoms with Gasteiger partial charge < -0.3 is 9.64 Å². The van der Waals surface area contributed by atoms with Crippen LogP contribution in [0.3, 0.4) is 0 Å². The van der Waals surface area contributed by atoms with Crippen molar-refractivity contribution in [3.8, 4) is 0 Å². The normalized spacial score (nSPS) is 17.7. The van der Waals surface area contributed by atoms with Gasteiger partial charge in [0.1, 0.15) is 0 Å². The van der Waals surface area contributed by atoms with Crippen LogP contribution in [0.2, 0.25) is 0 Å². The average molecular weight is 323 g/mol. The molecule has 1 aliphatic heterocycles. The number of carbonyl (C=O) groups excluding carboxylic acids is 1. The van der Waals surface area contributed by atoms with E-state index in [1.807, 2.05) is 35.2 Å². The van der Waals surface area contributed by atoms with Gasteiger partial charge in [0, 0.05) is 13.1 Å². The van der Waals surface area contributed by atoms with Gasteiger partial charge in [0.05, 0.1) is 19.1 Å². The van der Waals surface area contributed by atoms with Crippen LogP contribution in [0.25, 0.3) is 0 Å². The molecule has 0 radical (unpaired) electrons. The highest BCUT2D eigenvalue weighted by atomic mass is 16.5. The molecule has 0 aliphatic carbocycles. The second-order valence-electron chi connectivity index (χ2n) is 6.56. The molecule has 1 aliphatic rings. The molecule has 1 saturated heterocycles. The number of ether oxygens (including phenoxy) is 1. The Labute approximate surface area is 144 Å². The summed E-state index contributed by atoms with van der Waals surface area (Å²) in [4.78, 5) is 14.4. The number of nitrogens with zero attached hydrogens (tertiary/aromatic N) is 1. The Hall–Kier alpha value is -2.13. The molecule has 2 aromatic carbocycles. The fourth-order valence-electron chi connectivity index (χ4n) is 3.08. The van der Waals surface area contributed by atoms with Crippen molar-refractivity contribution < 1.29 is 9.53 Å². The quantitative estimate of drug-likeness (QED) is 0.839. The van der Waals surface area contributed by atoms with Crippen LogP contribution in [0.15, 0.2) is 54.6 Å². The van der Waals surface area contributed by atoms with Gasteiger partial charge in [-0.2, -0.15) is 0 Å². The molecule has 3 rings (SSSR count). The first-order valence-electron chi connectivity index (χ1n) is 8.69. The summed E-state index contributed by atoms with van der Waals surface area (Å²) in [6, 6.07) is 18.4. The zero-order valence-electron chi connectivity index (χ0n) is 14.3. The summed E-state index contributed by atoms with van der Waals surface area (Å²) >= 11 is 0. The molecule has 1 atom stereocenters. The zero-order chi connectivity index (χ0) is 16.8. The van der Waals surface area contributed by atoms with Crippen LogP contribution in [0.1, 0.15) is 29.5 Å². The molecule has 0 aromatic heterocycles. The van der Waals surface area contributed by atoms with Gasteiger partial charge in [0.2, 0.25) is 5.91 Å². The smallest absolute Gasteiger partial charge is 0.227 e. The Morgan fingerprint density at radius 1 is 1.08 bits per heavy atom. The number of piperidine rings is 1. The van der Waals surface area contributed by atoms with Crippen LogP contribution < -0.4 is 0 Å². The number of aryl methyl sites for hydroxylation is 1. The molecule has 2 aromatic rings. The first-order valence-corrected chi connectivity index (χ1v) is 8.69. The number of rotatable bonds is 5. The maximum atomic E-state index is 12.5. The van der Waals surface area contributed by atoms with Crippen molar-refractivity contribution in [1.29, 1.82) is 0 Å². The van der Waals surface area contributed by atoms with Gasteiger partial charge in [0.15, 0.2) is 0 Å². The van der Waals surface area contributed by atoms with Crippen molar-refractivity contribution >= 4 is 5.91 Å². The first kappa shape index (κ1) is 16.7. The fraction of sp³-hybridized carbons (Fsp3) is 0.381. The second-order valence-corrected chi connectivity index (χ2v) is 6.56. The fourth-order valence-corrected chi connectivity index (χ4v) is 3.08. The van der Waals surface area contributed by atoms with Gasteiger partial charge in [-0.1, -0.05) is 60.2 Å². The van der Waals surface area contributed by atoms with E-state index in [0.717, 1.165) is 24.9 Å². The zero-order valence-corrected chi connectivity index (χ0v) is 14.3. The summed E-state index contributed by atoms with van der Waals surface area (Å²) in [5, 5.41) is 0. The van der Waals surface area contributed by atoms with Gasteiger partial charge in [-0.05, 0) is 30.9 Å². The number of benzene rings is 2. The Bertz CT molecular complexity index is 651. The monoisotopic (exact) mass is 323 g/mol. The van der Waals surface area contributed by atoms with Crippen molar-refractivity contribution in [1.82, 2.24) is 4.90 Å². The molecule has 126 valence electrons. The van der Waals surface area contributed by atoms with Crippen LogP contribution >= 0.6 is 0 Å². The molecule has 0 bridgehead atoms. The van der Waals surface area contributed by atoms with Gasteiger partial charge in [0.25, 0.3) is 0 Å². The highest BCUT2D eigenvalue weighted by Crippen LogP contribution is 2.17. The Balaban J connectivity index is 1.50. The molecule has 3 nitrogen and oxygen atoms in total. The molecule has 1 heterocycles. The summed E-state index contributed by atoms with van der Waals surface area (Å²) in [6.07, 6.45) is 2.66. The van der Waals surface area contributed by atoms with Crippen molar-refractivity contribution in [2.24, 2.45) is 0 Å². The van der Waals surface area contributed by atoms with Crippen LogP contribution in [0.4, 0.5) is 0 Å². The molecule has 0 spiro atoms. The molecule has 1 unspecified atom stereocenters. The van der Waals surface area contributed by atoms with E-state index >= 15 is 0 Å². The maximum Gasteiger partial charge on any atom is 0.227 e. The number of hydrogen-bond acceptors (Lipinski definition) is 2. The van der Waals surface area contributed by atoms with Gasteiger partial charge in [-0.3, -0.25) is 4.79 Å². The lowest BCUT2D eigenvalue weighted by Crippen LogP contribution is -2.43. The molecule has 3 heteroatoms. The van der Waals surface area contributed by atoms with E-state index in [-0.39, 0.29) is 12.0 Å². The third-order valence-electron chi connectivity index (χ3n) is 4.54. The van der Waals surface area contributed by atoms with Crippen LogP contribution in [-0.4, -0.2) is 30.0 Å². The summed E-state index contributed by atoms with van der Waals surface area (Å²) in [5.74, 6) is 0.199. The van der Waals surface area contributed by atoms with Crippen molar-refractivity contribution in [3.63, 3.8) is 0 Å². The topological polar surface area (TPSA) is 29.5 Å². The molecule has 1 amide bonds. The molecule has 0 saturated carbocycles. The highest BCUT2D eigenvalue weighted by molar-refractivity contribution is 5.78. The Morgan fingerprint density at radius 3 is 2.58 bits per heavy atom. The third-order valence-corrected chi connectivity index (χ3v) is 4.54. The van der Waals surface area contributed by atoms with E-state index in [2.05, 4.69) is 31.2 Å². The van der Waals surface area contributed by atoms with Crippen LogP contribution in [0, 0.1) is 6.92 Å². The van der Waals surface area contributed by atoms with E-state index in [1.165, 1.54) is 11.1 Å². The Morgan fingerprint density at radius 2 is 1.83 bits per heavy atom. The van der Waals surface area contributed by atoms with E-state index < -0.39 is 0 Å². The standard InChI is InChI=1S/C21H25NO2/c1-17-9-11-19(12-10-17)16-24-20-8-5-13-22(15-20)21(23)14-18-6-3-2-4-7-18/h2-4,6-7,9-12,20H,5,8,13-16H2,1H3. The average Bonchev–Trinajstić information content (AvgIpc) is 2.62. The van der Waals surface area contributed by atoms with Crippen LogP contribution in [-0.2, 0) is 22.6 Å². The van der Waals surface area contributed by atoms with Crippen molar-refractivity contribution in [2.45, 2.75) is 38.9 Å². The van der Waals surface area contributed by atoms with Gasteiger partial charge in [-0.15, -0.1) is 0 Å². The first-order chi connectivity index (χ1) is 11.7. The third kappa shape index (κ3) is 4.68. The highest BCUT2D eigenvalue weighted by Gasteiger charge is 2.24. The minimum absolute atomic E-state index is 0.139. The lowest BCUT2D eigenvalue weighted by atomic mass is 10.1. The van der Waals surface area contributed by atoms with Crippen LogP contribution in [0.5, 0.6) is 0 Å². The van der Waals surface area contributed by atoms with Gasteiger partial charge in [-0.25, -0.2) is 0 Å². The maximum absolute atomic E-state index is 12.5. The molecule has 24 heavy (non-hydrogen) atoms. The molecule has 0 N–H and O–H groups in total. The molecule has 1 fully saturated rings. The lowest BCUT2D eigenvalue weighted by Gasteiger charge is -2.33. The van der Waals surface area contributed by atoms with E-state index in [4.69, 9.17) is 4.74 Å². The number of amides is 1.